The molecular formula is C26H25ClN2O7S. The second-order valence-electron chi connectivity index (χ2n) is 8.04. The summed E-state index contributed by atoms with van der Waals surface area (Å²) in [5.74, 6) is 1.29. The van der Waals surface area contributed by atoms with Crippen molar-refractivity contribution in [3.05, 3.63) is 71.2 Å². The predicted octanol–water partition coefficient (Wildman–Crippen LogP) is 4.67. The van der Waals surface area contributed by atoms with E-state index >= 15 is 0 Å². The summed E-state index contributed by atoms with van der Waals surface area (Å²) in [5.41, 5.74) is 1.33. The number of nitrogens with one attached hydrogen (secondary N) is 1. The van der Waals surface area contributed by atoms with Gasteiger partial charge in [0, 0.05) is 29.1 Å². The summed E-state index contributed by atoms with van der Waals surface area (Å²) < 4.78 is 43.2. The van der Waals surface area contributed by atoms with Crippen LogP contribution in [-0.2, 0) is 10.0 Å². The molecule has 37 heavy (non-hydrogen) atoms. The van der Waals surface area contributed by atoms with Gasteiger partial charge in [0.15, 0.2) is 0 Å². The van der Waals surface area contributed by atoms with Gasteiger partial charge >= 0.3 is 0 Å². The first kappa shape index (κ1) is 26.3. The number of methoxy groups -OCH3 is 1. The first-order valence-corrected chi connectivity index (χ1v) is 13.4. The molecule has 4 aromatic rings. The van der Waals surface area contributed by atoms with Gasteiger partial charge in [-0.3, -0.25) is 9.10 Å². The van der Waals surface area contributed by atoms with E-state index in [0.717, 1.165) is 10.6 Å². The van der Waals surface area contributed by atoms with Gasteiger partial charge in [0.1, 0.15) is 28.6 Å². The Bertz CT molecular complexity index is 1530. The zero-order chi connectivity index (χ0) is 26.7. The summed E-state index contributed by atoms with van der Waals surface area (Å²) in [6, 6.07) is 17.0. The summed E-state index contributed by atoms with van der Waals surface area (Å²) in [6.07, 6.45) is 1.03. The second kappa shape index (κ2) is 10.7. The molecule has 0 saturated carbocycles. The molecule has 1 aromatic heterocycles. The molecule has 194 valence electrons. The number of rotatable bonds is 9. The fourth-order valence-corrected chi connectivity index (χ4v) is 4.93. The highest BCUT2D eigenvalue weighted by Gasteiger charge is 2.27. The molecule has 9 nitrogen and oxygen atoms in total. The molecule has 1 amide bonds. The van der Waals surface area contributed by atoms with E-state index in [1.54, 1.807) is 54.6 Å². The number of fused-ring (bicyclic) bond motifs is 1. The van der Waals surface area contributed by atoms with Crippen molar-refractivity contribution in [2.75, 3.05) is 37.9 Å². The van der Waals surface area contributed by atoms with Crippen LogP contribution in [0.4, 0.5) is 5.69 Å². The molecule has 0 atom stereocenters. The molecule has 0 aliphatic heterocycles. The summed E-state index contributed by atoms with van der Waals surface area (Å²) in [6.45, 7) is -0.572. The van der Waals surface area contributed by atoms with Crippen molar-refractivity contribution >= 4 is 44.2 Å². The molecular weight excluding hydrogens is 520 g/mol. The fraction of sp³-hybridized carbons (Fsp3) is 0.192. The maximum atomic E-state index is 12.9. The van der Waals surface area contributed by atoms with Crippen molar-refractivity contribution in [2.24, 2.45) is 0 Å². The van der Waals surface area contributed by atoms with Gasteiger partial charge in [-0.2, -0.15) is 0 Å². The number of nitrogens with zero attached hydrogens (tertiary/aromatic N) is 1. The monoisotopic (exact) mass is 544 g/mol. The van der Waals surface area contributed by atoms with Gasteiger partial charge < -0.3 is 24.3 Å². The summed E-state index contributed by atoms with van der Waals surface area (Å²) in [7, 11) is -0.841. The number of furan rings is 1. The lowest BCUT2D eigenvalue weighted by atomic mass is 10.0. The van der Waals surface area contributed by atoms with E-state index in [-0.39, 0.29) is 35.0 Å². The maximum absolute atomic E-state index is 12.9. The number of hydrogen-bond donors (Lipinski definition) is 2. The lowest BCUT2D eigenvalue weighted by Gasteiger charge is -2.23. The number of carbonyl (C=O) groups is 1. The Labute approximate surface area is 219 Å². The van der Waals surface area contributed by atoms with Crippen molar-refractivity contribution < 1.29 is 32.2 Å². The third-order valence-electron chi connectivity index (χ3n) is 5.58. The summed E-state index contributed by atoms with van der Waals surface area (Å²) in [4.78, 5) is 12.9. The molecule has 0 unspecified atom stereocenters. The molecule has 2 N–H and O–H groups in total. The summed E-state index contributed by atoms with van der Waals surface area (Å²) in [5, 5.41) is 13.1. The van der Waals surface area contributed by atoms with Crippen LogP contribution in [0.25, 0.3) is 22.3 Å². The van der Waals surface area contributed by atoms with Crippen LogP contribution in [0.2, 0.25) is 5.02 Å². The van der Waals surface area contributed by atoms with Crippen molar-refractivity contribution in [1.82, 2.24) is 5.32 Å². The van der Waals surface area contributed by atoms with Gasteiger partial charge in [-0.25, -0.2) is 8.42 Å². The van der Waals surface area contributed by atoms with Gasteiger partial charge in [0.25, 0.3) is 5.91 Å². The first-order chi connectivity index (χ1) is 17.7. The number of aliphatic hydroxyl groups is 1. The Hall–Kier alpha value is -3.73. The average Bonchev–Trinajstić information content (AvgIpc) is 3.25. The highest BCUT2D eigenvalue weighted by atomic mass is 35.5. The van der Waals surface area contributed by atoms with E-state index in [2.05, 4.69) is 5.32 Å². The molecule has 0 fully saturated rings. The minimum absolute atomic E-state index is 0.175. The van der Waals surface area contributed by atoms with Crippen LogP contribution in [0, 0.1) is 0 Å². The lowest BCUT2D eigenvalue weighted by Crippen LogP contribution is -2.32. The lowest BCUT2D eigenvalue weighted by molar-refractivity contribution is 0.0964. The van der Waals surface area contributed by atoms with Crippen LogP contribution in [0.5, 0.6) is 17.2 Å². The summed E-state index contributed by atoms with van der Waals surface area (Å²) >= 11 is 5.92. The predicted molar refractivity (Wildman–Crippen MR) is 142 cm³/mol. The van der Waals surface area contributed by atoms with Gasteiger partial charge in [0.2, 0.25) is 10.0 Å². The number of benzene rings is 3. The minimum atomic E-state index is -3.74. The van der Waals surface area contributed by atoms with Crippen LogP contribution in [-0.4, -0.2) is 53.0 Å². The van der Waals surface area contributed by atoms with Crippen LogP contribution in [0.15, 0.2) is 65.1 Å². The molecule has 0 bridgehead atoms. The zero-order valence-corrected chi connectivity index (χ0v) is 21.9. The van der Waals surface area contributed by atoms with Crippen LogP contribution < -0.4 is 19.1 Å². The van der Waals surface area contributed by atoms with Crippen molar-refractivity contribution in [3.8, 4) is 28.6 Å². The van der Waals surface area contributed by atoms with Crippen molar-refractivity contribution in [2.45, 2.75) is 0 Å². The molecule has 1 heterocycles. The third-order valence-corrected chi connectivity index (χ3v) is 7.01. The van der Waals surface area contributed by atoms with Crippen molar-refractivity contribution in [1.29, 1.82) is 0 Å². The highest BCUT2D eigenvalue weighted by Crippen LogP contribution is 2.41. The number of amides is 1. The Morgan fingerprint density at radius 2 is 1.70 bits per heavy atom. The molecule has 0 radical (unpaired) electrons. The van der Waals surface area contributed by atoms with E-state index in [9.17, 15) is 18.3 Å². The van der Waals surface area contributed by atoms with Crippen molar-refractivity contribution in [3.63, 3.8) is 0 Å². The van der Waals surface area contributed by atoms with Crippen LogP contribution in [0.1, 0.15) is 10.4 Å². The standard InChI is InChI=1S/C26H25ClN2O7S/c1-28-26(31)24-20-14-23(34-2)21(29(12-13-30)37(3,32)33)15-22(20)36-25(24)16-4-8-18(9-5-16)35-19-10-6-17(27)7-11-19/h4-11,14-15,30H,12-13H2,1-3H3,(H,28,31). The van der Waals surface area contributed by atoms with Gasteiger partial charge in [-0.05, 0) is 54.6 Å². The molecule has 4 rings (SSSR count). The quantitative estimate of drug-likeness (QED) is 0.314. The van der Waals surface area contributed by atoms with Gasteiger partial charge in [-0.15, -0.1) is 0 Å². The van der Waals surface area contributed by atoms with Crippen LogP contribution >= 0.6 is 11.6 Å². The minimum Gasteiger partial charge on any atom is -0.495 e. The number of aliphatic hydroxyl groups excluding tert-OH is 1. The topological polar surface area (TPSA) is 118 Å². The number of sulfonamides is 1. The SMILES string of the molecule is CNC(=O)c1c(-c2ccc(Oc3ccc(Cl)cc3)cc2)oc2cc(N(CCO)S(C)(=O)=O)c(OC)cc12. The van der Waals surface area contributed by atoms with E-state index < -0.39 is 16.6 Å². The van der Waals surface area contributed by atoms with Gasteiger partial charge in [0.05, 0.1) is 37.8 Å². The maximum Gasteiger partial charge on any atom is 0.255 e. The normalized spacial score (nSPS) is 11.4. The molecule has 0 spiro atoms. The number of hydrogen-bond acceptors (Lipinski definition) is 7. The number of ether oxygens (including phenoxy) is 2. The van der Waals surface area contributed by atoms with E-state index in [1.165, 1.54) is 20.2 Å². The number of anilines is 1. The van der Waals surface area contributed by atoms with E-state index in [0.29, 0.717) is 33.2 Å². The third kappa shape index (κ3) is 5.51. The molecule has 11 heteroatoms. The van der Waals surface area contributed by atoms with Crippen LogP contribution in [0.3, 0.4) is 0 Å². The van der Waals surface area contributed by atoms with E-state index in [1.807, 2.05) is 0 Å². The van der Waals surface area contributed by atoms with Gasteiger partial charge in [-0.1, -0.05) is 11.6 Å². The fourth-order valence-electron chi connectivity index (χ4n) is 3.89. The average molecular weight is 545 g/mol. The van der Waals surface area contributed by atoms with E-state index in [4.69, 9.17) is 25.5 Å². The highest BCUT2D eigenvalue weighted by molar-refractivity contribution is 7.92. The Balaban J connectivity index is 1.81. The molecule has 0 aliphatic carbocycles. The molecule has 0 aliphatic rings. The smallest absolute Gasteiger partial charge is 0.255 e. The molecule has 0 saturated heterocycles. The number of halogens is 1. The largest absolute Gasteiger partial charge is 0.495 e. The number of carbonyl (C=O) groups excluding carboxylic acids is 1. The first-order valence-electron chi connectivity index (χ1n) is 11.1. The Kier molecular flexibility index (Phi) is 7.63. The molecule has 3 aromatic carbocycles. The Morgan fingerprint density at radius 1 is 1.08 bits per heavy atom. The second-order valence-corrected chi connectivity index (χ2v) is 10.4. The zero-order valence-electron chi connectivity index (χ0n) is 20.3. The Morgan fingerprint density at radius 3 is 2.24 bits per heavy atom.